The number of nitrogens with zero attached hydrogens (tertiary/aromatic N) is 1. The molecule has 0 aromatic heterocycles. The zero-order chi connectivity index (χ0) is 69.0. The van der Waals surface area contributed by atoms with E-state index in [1.165, 1.54) is 225 Å². The summed E-state index contributed by atoms with van der Waals surface area (Å²) in [5.41, 5.74) is 0. The normalized spacial score (nSPS) is 13.6. The molecule has 0 aliphatic rings. The maximum atomic E-state index is 12.9. The highest BCUT2D eigenvalue weighted by Crippen LogP contribution is 2.43. The first-order chi connectivity index (χ1) is 46.5. The van der Waals surface area contributed by atoms with Gasteiger partial charge in [-0.05, 0) is 83.5 Å². The molecule has 0 saturated carbocycles. The Morgan fingerprint density at radius 3 is 0.895 bits per heavy atom. The van der Waals surface area contributed by atoms with Gasteiger partial charge in [0.2, 0.25) is 0 Å². The molecule has 550 valence electrons. The van der Waals surface area contributed by atoms with Gasteiger partial charge in [0.05, 0.1) is 27.7 Å². The smallest absolute Gasteiger partial charge is 0.462 e. The van der Waals surface area contributed by atoms with Gasteiger partial charge < -0.3 is 18.9 Å². The molecule has 0 bridgehead atoms. The molecule has 0 saturated heterocycles. The Morgan fingerprint density at radius 1 is 0.337 bits per heavy atom. The molecule has 0 heterocycles. The fourth-order valence-corrected chi connectivity index (χ4v) is 12.2. The molecule has 2 unspecified atom stereocenters. The van der Waals surface area contributed by atoms with Gasteiger partial charge in [-0.1, -0.05) is 380 Å². The third kappa shape index (κ3) is 79.5. The molecule has 2 atom stereocenters. The molecule has 10 heteroatoms. The van der Waals surface area contributed by atoms with E-state index >= 15 is 0 Å². The zero-order valence-electron chi connectivity index (χ0n) is 62.9. The molecule has 0 radical (unpaired) electrons. The number of quaternary nitrogens is 1. The number of allylic oxidation sites excluding steroid dienone is 18. The molecular weight excluding hydrogens is 1190 g/mol. The lowest BCUT2D eigenvalue weighted by Crippen LogP contribution is -2.37. The van der Waals surface area contributed by atoms with Gasteiger partial charge in [-0.2, -0.15) is 0 Å². The van der Waals surface area contributed by atoms with Gasteiger partial charge >= 0.3 is 19.8 Å². The van der Waals surface area contributed by atoms with Crippen molar-refractivity contribution in [3.63, 3.8) is 0 Å². The second-order valence-electron chi connectivity index (χ2n) is 28.1. The van der Waals surface area contributed by atoms with Crippen LogP contribution < -0.4 is 0 Å². The standard InChI is InChI=1S/C85H152NO8P/c1-6-8-10-12-14-16-18-20-22-24-26-28-30-32-34-36-38-40-41-42-43-44-46-47-49-51-53-55-57-59-61-63-65-67-69-71-73-75-77-84(87)91-81-83(82-93-95(89,90)92-80-79-86(3,4)5)94-85(88)78-76-74-72-70-68-66-64-62-60-58-56-54-52-50-48-45-39-37-35-33-31-29-27-25-23-21-19-17-15-13-11-9-7-2/h9,11,15,17,21,23,27,29,33,35,39,45,50,52,56,58,62,64,83H,6-8,10,12-14,16,18-20,22,24-26,28,30-32,34,36-38,40-44,46-49,51,53-55,57,59-61,63,65-82H2,1-5H3/p+1/b11-9-,17-15-,23-21-,29-27-,35-33-,45-39-,52-50-,58-56-,64-62-. The summed E-state index contributed by atoms with van der Waals surface area (Å²) in [6.45, 7) is 4.34. The molecule has 0 rings (SSSR count). The fourth-order valence-electron chi connectivity index (χ4n) is 11.5. The van der Waals surface area contributed by atoms with E-state index in [4.69, 9.17) is 18.5 Å². The van der Waals surface area contributed by atoms with Crippen LogP contribution in [0, 0.1) is 0 Å². The molecule has 1 N–H and O–H groups in total. The number of likely N-dealkylation sites (N-methyl/N-ethyl adjacent to an activating group) is 1. The van der Waals surface area contributed by atoms with E-state index in [0.717, 1.165) is 109 Å². The van der Waals surface area contributed by atoms with Crippen molar-refractivity contribution >= 4 is 19.8 Å². The average molecular weight is 1350 g/mol. The van der Waals surface area contributed by atoms with Crippen molar-refractivity contribution in [3.05, 3.63) is 109 Å². The summed E-state index contributed by atoms with van der Waals surface area (Å²) in [6.07, 6.45) is 107. The van der Waals surface area contributed by atoms with E-state index in [1.807, 2.05) is 21.1 Å². The molecule has 0 aromatic carbocycles. The van der Waals surface area contributed by atoms with Crippen LogP contribution in [-0.2, 0) is 32.7 Å². The van der Waals surface area contributed by atoms with Crippen LogP contribution >= 0.6 is 7.82 Å². The van der Waals surface area contributed by atoms with Crippen molar-refractivity contribution in [2.75, 3.05) is 47.5 Å². The highest BCUT2D eigenvalue weighted by molar-refractivity contribution is 7.47. The number of rotatable bonds is 74. The Hall–Kier alpha value is -3.33. The number of carbonyl (C=O) groups is 2. The number of ether oxygens (including phenoxy) is 2. The molecule has 0 spiro atoms. The zero-order valence-corrected chi connectivity index (χ0v) is 63.8. The number of carbonyl (C=O) groups excluding carboxylic acids is 2. The number of hydrogen-bond acceptors (Lipinski definition) is 7. The molecule has 95 heavy (non-hydrogen) atoms. The molecule has 0 aromatic rings. The maximum Gasteiger partial charge on any atom is 0.472 e. The minimum Gasteiger partial charge on any atom is -0.462 e. The minimum atomic E-state index is -4.41. The predicted octanol–water partition coefficient (Wildman–Crippen LogP) is 26.8. The first kappa shape index (κ1) is 91.7. The van der Waals surface area contributed by atoms with Crippen LogP contribution in [0.2, 0.25) is 0 Å². The molecule has 0 aliphatic carbocycles. The lowest BCUT2D eigenvalue weighted by atomic mass is 10.0. The summed E-state index contributed by atoms with van der Waals surface area (Å²) >= 11 is 0. The topological polar surface area (TPSA) is 108 Å². The number of hydrogen-bond donors (Lipinski definition) is 1. The first-order valence-corrected chi connectivity index (χ1v) is 41.6. The van der Waals surface area contributed by atoms with Crippen LogP contribution in [0.1, 0.15) is 367 Å². The van der Waals surface area contributed by atoms with Crippen LogP contribution in [0.5, 0.6) is 0 Å². The van der Waals surface area contributed by atoms with Gasteiger partial charge in [-0.15, -0.1) is 0 Å². The Bertz CT molecular complexity index is 1970. The second-order valence-corrected chi connectivity index (χ2v) is 29.5. The summed E-state index contributed by atoms with van der Waals surface area (Å²) in [5, 5.41) is 0. The van der Waals surface area contributed by atoms with Crippen molar-refractivity contribution in [2.24, 2.45) is 0 Å². The summed E-state index contributed by atoms with van der Waals surface area (Å²) in [7, 11) is 1.46. The number of esters is 2. The first-order valence-electron chi connectivity index (χ1n) is 40.1. The summed E-state index contributed by atoms with van der Waals surface area (Å²) in [4.78, 5) is 36.0. The van der Waals surface area contributed by atoms with E-state index in [-0.39, 0.29) is 32.0 Å². The van der Waals surface area contributed by atoms with E-state index in [9.17, 15) is 19.0 Å². The number of phosphoric acid groups is 1. The quantitative estimate of drug-likeness (QED) is 0.0211. The molecular formula is C85H153NO8P+. The van der Waals surface area contributed by atoms with Gasteiger partial charge in [-0.25, -0.2) is 4.57 Å². The highest BCUT2D eigenvalue weighted by Gasteiger charge is 2.27. The summed E-state index contributed by atoms with van der Waals surface area (Å²) in [5.74, 6) is -0.812. The van der Waals surface area contributed by atoms with Crippen LogP contribution in [0.3, 0.4) is 0 Å². The van der Waals surface area contributed by atoms with Crippen LogP contribution in [0.25, 0.3) is 0 Å². The van der Waals surface area contributed by atoms with Crippen molar-refractivity contribution in [1.29, 1.82) is 0 Å². The van der Waals surface area contributed by atoms with E-state index in [2.05, 4.69) is 123 Å². The van der Waals surface area contributed by atoms with E-state index in [1.54, 1.807) is 0 Å². The minimum absolute atomic E-state index is 0.0237. The molecule has 0 aliphatic heterocycles. The number of phosphoric ester groups is 1. The lowest BCUT2D eigenvalue weighted by molar-refractivity contribution is -0.870. The van der Waals surface area contributed by atoms with Crippen molar-refractivity contribution < 1.29 is 42.1 Å². The third-order valence-electron chi connectivity index (χ3n) is 17.6. The van der Waals surface area contributed by atoms with Gasteiger partial charge in [0.15, 0.2) is 6.10 Å². The van der Waals surface area contributed by atoms with E-state index < -0.39 is 26.5 Å². The Kier molecular flexibility index (Phi) is 72.3. The van der Waals surface area contributed by atoms with Gasteiger partial charge in [0, 0.05) is 12.8 Å². The lowest BCUT2D eigenvalue weighted by Gasteiger charge is -2.24. The SMILES string of the molecule is CC/C=C\C/C=C\C/C=C\C/C=C\C/C=C\C/C=C\C/C=C\C/C=C\C/C=C\CCCCCCCC(=O)OC(COC(=O)CCCCCCCCCCCCCCCCCCCCCCCCCCCCCCCCCCCCCCCC)COP(=O)(O)OCC[N+](C)(C)C. The highest BCUT2D eigenvalue weighted by atomic mass is 31.2. The van der Waals surface area contributed by atoms with Crippen LogP contribution in [0.15, 0.2) is 109 Å². The summed E-state index contributed by atoms with van der Waals surface area (Å²) < 4.78 is 34.8. The Balaban J connectivity index is 4.00. The predicted molar refractivity (Wildman–Crippen MR) is 413 cm³/mol. The van der Waals surface area contributed by atoms with Crippen LogP contribution in [-0.4, -0.2) is 74.9 Å². The van der Waals surface area contributed by atoms with Crippen LogP contribution in [0.4, 0.5) is 0 Å². The molecule has 9 nitrogen and oxygen atoms in total. The van der Waals surface area contributed by atoms with Crippen molar-refractivity contribution in [3.8, 4) is 0 Å². The van der Waals surface area contributed by atoms with Crippen molar-refractivity contribution in [2.45, 2.75) is 373 Å². The van der Waals surface area contributed by atoms with E-state index in [0.29, 0.717) is 17.4 Å². The maximum absolute atomic E-state index is 12.9. The number of unbranched alkanes of at least 4 members (excludes halogenated alkanes) is 42. The van der Waals surface area contributed by atoms with Gasteiger partial charge in [-0.3, -0.25) is 18.6 Å². The molecule has 0 fully saturated rings. The van der Waals surface area contributed by atoms with Gasteiger partial charge in [0.25, 0.3) is 0 Å². The Labute approximate surface area is 588 Å². The largest absolute Gasteiger partial charge is 0.472 e. The fraction of sp³-hybridized carbons (Fsp3) is 0.765. The van der Waals surface area contributed by atoms with Gasteiger partial charge in [0.1, 0.15) is 19.8 Å². The van der Waals surface area contributed by atoms with Crippen molar-refractivity contribution in [1.82, 2.24) is 0 Å². The molecule has 0 amide bonds. The third-order valence-corrected chi connectivity index (χ3v) is 18.6. The monoisotopic (exact) mass is 1350 g/mol. The second kappa shape index (κ2) is 74.9. The average Bonchev–Trinajstić information content (AvgIpc) is 1.80. The Morgan fingerprint density at radius 2 is 0.600 bits per heavy atom. The summed E-state index contributed by atoms with van der Waals surface area (Å²) in [6, 6.07) is 0.